The van der Waals surface area contributed by atoms with Gasteiger partial charge in [0.2, 0.25) is 10.0 Å². The summed E-state index contributed by atoms with van der Waals surface area (Å²) >= 11 is 0. The number of benzene rings is 1. The normalized spacial score (nSPS) is 15.5. The van der Waals surface area contributed by atoms with E-state index in [4.69, 9.17) is 9.72 Å². The Labute approximate surface area is 227 Å². The summed E-state index contributed by atoms with van der Waals surface area (Å²) in [6, 6.07) is 4.62. The minimum absolute atomic E-state index is 0.0283. The SMILES string of the molecule is CCCOc1ccc(S(=O)(=O)N2CCN(CCO)CC2)cc1-c1nc2c(CCC)c(C=NO)n(C)c2c(=O)[nH]1. The van der Waals surface area contributed by atoms with Crippen molar-refractivity contribution < 1.29 is 23.5 Å². The fourth-order valence-corrected chi connectivity index (χ4v) is 6.40. The second-order valence-electron chi connectivity index (χ2n) is 9.50. The number of aliphatic hydroxyl groups is 1. The zero-order valence-corrected chi connectivity index (χ0v) is 23.4. The van der Waals surface area contributed by atoms with E-state index in [0.29, 0.717) is 73.8 Å². The summed E-state index contributed by atoms with van der Waals surface area (Å²) in [5.41, 5.74) is 2.10. The molecule has 0 radical (unpaired) electrons. The Morgan fingerprint density at radius 2 is 1.92 bits per heavy atom. The molecule has 212 valence electrons. The Bertz CT molecular complexity index is 1510. The molecular formula is C26H36N6O6S. The molecule has 1 aliphatic heterocycles. The number of piperazine rings is 1. The topological polar surface area (TPSA) is 153 Å². The number of H-pyrrole nitrogens is 1. The molecule has 0 saturated carbocycles. The molecular weight excluding hydrogens is 524 g/mol. The van der Waals surface area contributed by atoms with Gasteiger partial charge in [0.1, 0.15) is 22.6 Å². The number of aromatic nitrogens is 3. The van der Waals surface area contributed by atoms with E-state index in [2.05, 4.69) is 10.1 Å². The van der Waals surface area contributed by atoms with E-state index in [0.717, 1.165) is 18.4 Å². The van der Waals surface area contributed by atoms with Gasteiger partial charge in [0.15, 0.2) is 0 Å². The van der Waals surface area contributed by atoms with Crippen LogP contribution >= 0.6 is 0 Å². The van der Waals surface area contributed by atoms with Gasteiger partial charge in [0.05, 0.1) is 35.6 Å². The monoisotopic (exact) mass is 560 g/mol. The average molecular weight is 561 g/mol. The molecule has 0 atom stereocenters. The number of rotatable bonds is 11. The van der Waals surface area contributed by atoms with E-state index >= 15 is 0 Å². The number of sulfonamides is 1. The van der Waals surface area contributed by atoms with Crippen LogP contribution in [0.3, 0.4) is 0 Å². The average Bonchev–Trinajstić information content (AvgIpc) is 3.19. The van der Waals surface area contributed by atoms with Gasteiger partial charge >= 0.3 is 0 Å². The van der Waals surface area contributed by atoms with E-state index in [1.807, 2.05) is 18.7 Å². The summed E-state index contributed by atoms with van der Waals surface area (Å²) in [4.78, 5) is 23.0. The quantitative estimate of drug-likeness (QED) is 0.182. The number of nitrogens with one attached hydrogen (secondary N) is 1. The molecule has 4 rings (SSSR count). The Morgan fingerprint density at radius 3 is 2.56 bits per heavy atom. The first-order valence-electron chi connectivity index (χ1n) is 13.2. The number of ether oxygens (including phenoxy) is 1. The molecule has 0 spiro atoms. The van der Waals surface area contributed by atoms with Gasteiger partial charge < -0.3 is 24.6 Å². The number of aryl methyl sites for hydroxylation is 2. The summed E-state index contributed by atoms with van der Waals surface area (Å²) in [6.07, 6.45) is 3.41. The van der Waals surface area contributed by atoms with Crippen LogP contribution in [0.5, 0.6) is 5.75 Å². The first-order chi connectivity index (χ1) is 18.8. The van der Waals surface area contributed by atoms with Crippen LogP contribution < -0.4 is 10.3 Å². The van der Waals surface area contributed by atoms with Crippen LogP contribution in [-0.2, 0) is 23.5 Å². The molecule has 3 aromatic rings. The van der Waals surface area contributed by atoms with Crippen molar-refractivity contribution in [1.29, 1.82) is 0 Å². The molecule has 1 saturated heterocycles. The number of aliphatic hydroxyl groups excluding tert-OH is 1. The van der Waals surface area contributed by atoms with Crippen LogP contribution in [0.2, 0.25) is 0 Å². The lowest BCUT2D eigenvalue weighted by Crippen LogP contribution is -2.49. The van der Waals surface area contributed by atoms with Crippen LogP contribution in [0.4, 0.5) is 0 Å². The lowest BCUT2D eigenvalue weighted by Gasteiger charge is -2.33. The highest BCUT2D eigenvalue weighted by Crippen LogP contribution is 2.33. The first kappa shape index (κ1) is 28.7. The van der Waals surface area contributed by atoms with Gasteiger partial charge in [-0.15, -0.1) is 0 Å². The number of β-amino-alcohol motifs (C(OH)–C–C–N with tert-alkyl or cyclic N) is 1. The van der Waals surface area contributed by atoms with E-state index in [-0.39, 0.29) is 17.3 Å². The fourth-order valence-electron chi connectivity index (χ4n) is 4.95. The maximum Gasteiger partial charge on any atom is 0.275 e. The van der Waals surface area contributed by atoms with Gasteiger partial charge in [-0.25, -0.2) is 13.4 Å². The smallest absolute Gasteiger partial charge is 0.275 e. The molecule has 0 bridgehead atoms. The standard InChI is InChI=1S/C26H36N6O6S/c1-4-6-19-21(17-27-35)30(3)24-23(19)28-25(29-26(24)34)20-16-18(7-8-22(20)38-15-5-2)39(36,37)32-11-9-31(10-12-32)13-14-33/h7-8,16-17,33,35H,4-6,9-15H2,1-3H3,(H,28,29,34). The fraction of sp³-hybridized carbons (Fsp3) is 0.500. The molecule has 2 aromatic heterocycles. The zero-order valence-electron chi connectivity index (χ0n) is 22.6. The highest BCUT2D eigenvalue weighted by atomic mass is 32.2. The Balaban J connectivity index is 1.84. The second kappa shape index (κ2) is 12.3. The lowest BCUT2D eigenvalue weighted by molar-refractivity contribution is 0.151. The third-order valence-corrected chi connectivity index (χ3v) is 8.81. The number of hydrogen-bond acceptors (Lipinski definition) is 9. The maximum atomic E-state index is 13.6. The number of oxime groups is 1. The van der Waals surface area contributed by atoms with Gasteiger partial charge in [0, 0.05) is 45.3 Å². The van der Waals surface area contributed by atoms with Crippen molar-refractivity contribution in [2.75, 3.05) is 45.9 Å². The Morgan fingerprint density at radius 1 is 1.18 bits per heavy atom. The molecule has 13 heteroatoms. The van der Waals surface area contributed by atoms with Crippen LogP contribution in [0, 0.1) is 0 Å². The van der Waals surface area contributed by atoms with Crippen molar-refractivity contribution >= 4 is 27.3 Å². The molecule has 1 aliphatic rings. The van der Waals surface area contributed by atoms with Crippen LogP contribution in [-0.4, -0.2) is 94.6 Å². The van der Waals surface area contributed by atoms with Crippen molar-refractivity contribution in [1.82, 2.24) is 23.7 Å². The van der Waals surface area contributed by atoms with Crippen LogP contribution in [0.25, 0.3) is 22.4 Å². The van der Waals surface area contributed by atoms with Crippen LogP contribution in [0.1, 0.15) is 37.9 Å². The largest absolute Gasteiger partial charge is 0.493 e. The minimum Gasteiger partial charge on any atom is -0.493 e. The number of nitrogens with zero attached hydrogens (tertiary/aromatic N) is 5. The van der Waals surface area contributed by atoms with E-state index < -0.39 is 15.6 Å². The predicted octanol–water partition coefficient (Wildman–Crippen LogP) is 1.78. The minimum atomic E-state index is -3.83. The van der Waals surface area contributed by atoms with Gasteiger partial charge in [-0.3, -0.25) is 9.69 Å². The molecule has 0 aliphatic carbocycles. The van der Waals surface area contributed by atoms with Crippen molar-refractivity contribution in [3.05, 3.63) is 39.8 Å². The predicted molar refractivity (Wildman–Crippen MR) is 148 cm³/mol. The van der Waals surface area contributed by atoms with E-state index in [1.165, 1.54) is 22.7 Å². The second-order valence-corrected chi connectivity index (χ2v) is 11.4. The molecule has 3 heterocycles. The lowest BCUT2D eigenvalue weighted by atomic mass is 10.1. The molecule has 3 N–H and O–H groups in total. The molecule has 39 heavy (non-hydrogen) atoms. The molecule has 12 nitrogen and oxygen atoms in total. The van der Waals surface area contributed by atoms with Gasteiger partial charge in [-0.1, -0.05) is 25.4 Å². The molecule has 0 unspecified atom stereocenters. The third kappa shape index (κ3) is 5.71. The van der Waals surface area contributed by atoms with Crippen molar-refractivity contribution in [3.8, 4) is 17.1 Å². The Hall–Kier alpha value is -3.26. The van der Waals surface area contributed by atoms with Crippen molar-refractivity contribution in [3.63, 3.8) is 0 Å². The highest BCUT2D eigenvalue weighted by Gasteiger charge is 2.30. The third-order valence-electron chi connectivity index (χ3n) is 6.92. The van der Waals surface area contributed by atoms with Crippen molar-refractivity contribution in [2.45, 2.75) is 38.0 Å². The number of hydrogen-bond donors (Lipinski definition) is 3. The van der Waals surface area contributed by atoms with E-state index in [9.17, 15) is 23.5 Å². The van der Waals surface area contributed by atoms with Crippen LogP contribution in [0.15, 0.2) is 33.0 Å². The molecule has 1 aromatic carbocycles. The summed E-state index contributed by atoms with van der Waals surface area (Å²) in [6.45, 7) is 6.59. The first-order valence-corrected chi connectivity index (χ1v) is 14.6. The van der Waals surface area contributed by atoms with Gasteiger partial charge in [-0.05, 0) is 31.0 Å². The maximum absolute atomic E-state index is 13.6. The van der Waals surface area contributed by atoms with Crippen molar-refractivity contribution in [2.24, 2.45) is 12.2 Å². The van der Waals surface area contributed by atoms with E-state index in [1.54, 1.807) is 17.7 Å². The molecule has 1 fully saturated rings. The van der Waals surface area contributed by atoms with Gasteiger partial charge in [0.25, 0.3) is 5.56 Å². The van der Waals surface area contributed by atoms with Gasteiger partial charge in [-0.2, -0.15) is 4.31 Å². The number of fused-ring (bicyclic) bond motifs is 1. The number of aromatic amines is 1. The zero-order chi connectivity index (χ0) is 28.2. The summed E-state index contributed by atoms with van der Waals surface area (Å²) in [5.74, 6) is 0.607. The summed E-state index contributed by atoms with van der Waals surface area (Å²) in [5, 5.41) is 21.6. The highest BCUT2D eigenvalue weighted by molar-refractivity contribution is 7.89. The molecule has 0 amide bonds. The summed E-state index contributed by atoms with van der Waals surface area (Å²) in [7, 11) is -2.12. The Kier molecular flexibility index (Phi) is 9.05. The summed E-state index contributed by atoms with van der Waals surface area (Å²) < 4.78 is 36.2.